The zero-order valence-corrected chi connectivity index (χ0v) is 9.65. The largest absolute Gasteiger partial charge is 0.480 e. The van der Waals surface area contributed by atoms with E-state index >= 15 is 0 Å². The van der Waals surface area contributed by atoms with Crippen molar-refractivity contribution in [2.24, 2.45) is 0 Å². The minimum atomic E-state index is -1.09. The number of ether oxygens (including phenoxy) is 1. The number of halogens is 1. The number of carboxylic acid groups (broad SMARTS) is 1. The molecule has 0 aliphatic heterocycles. The summed E-state index contributed by atoms with van der Waals surface area (Å²) in [4.78, 5) is 11.1. The minimum Gasteiger partial charge on any atom is -0.480 e. The summed E-state index contributed by atoms with van der Waals surface area (Å²) < 4.78 is 18.3. The van der Waals surface area contributed by atoms with E-state index in [0.29, 0.717) is 19.6 Å². The van der Waals surface area contributed by atoms with Crippen molar-refractivity contribution in [2.45, 2.75) is 12.5 Å². The number of hydrogen-bond donors (Lipinski definition) is 2. The quantitative estimate of drug-likeness (QED) is 0.711. The van der Waals surface area contributed by atoms with Gasteiger partial charge in [0.05, 0.1) is 0 Å². The predicted octanol–water partition coefficient (Wildman–Crippen LogP) is 1.58. The topological polar surface area (TPSA) is 58.6 Å². The van der Waals surface area contributed by atoms with Gasteiger partial charge < -0.3 is 15.2 Å². The molecule has 1 rings (SSSR count). The van der Waals surface area contributed by atoms with E-state index in [1.165, 1.54) is 18.2 Å². The van der Waals surface area contributed by atoms with E-state index in [1.54, 1.807) is 13.2 Å². The highest BCUT2D eigenvalue weighted by atomic mass is 19.1. The molecule has 1 unspecified atom stereocenters. The molecule has 0 radical (unpaired) electrons. The Morgan fingerprint density at radius 3 is 2.82 bits per heavy atom. The molecule has 0 aliphatic rings. The van der Waals surface area contributed by atoms with E-state index in [0.717, 1.165) is 0 Å². The van der Waals surface area contributed by atoms with Crippen molar-refractivity contribution in [3.63, 3.8) is 0 Å². The fourth-order valence-electron chi connectivity index (χ4n) is 1.50. The predicted molar refractivity (Wildman–Crippen MR) is 61.3 cm³/mol. The summed E-state index contributed by atoms with van der Waals surface area (Å²) in [7, 11) is 1.57. The van der Waals surface area contributed by atoms with Crippen molar-refractivity contribution in [1.29, 1.82) is 0 Å². The maximum Gasteiger partial charge on any atom is 0.325 e. The first kappa shape index (κ1) is 13.6. The third-order valence-corrected chi connectivity index (χ3v) is 2.34. The summed E-state index contributed by atoms with van der Waals surface area (Å²) in [6.07, 6.45) is 0.675. The van der Waals surface area contributed by atoms with Gasteiger partial charge in [0, 0.05) is 19.3 Å². The third kappa shape index (κ3) is 4.13. The second-order valence-electron chi connectivity index (χ2n) is 3.59. The van der Waals surface area contributed by atoms with E-state index in [4.69, 9.17) is 9.84 Å². The van der Waals surface area contributed by atoms with Crippen LogP contribution >= 0.6 is 0 Å². The van der Waals surface area contributed by atoms with Gasteiger partial charge in [-0.3, -0.25) is 4.79 Å². The van der Waals surface area contributed by atoms with Crippen LogP contribution in [0, 0.1) is 5.82 Å². The number of rotatable bonds is 7. The smallest absolute Gasteiger partial charge is 0.325 e. The van der Waals surface area contributed by atoms with E-state index in [9.17, 15) is 9.18 Å². The second kappa shape index (κ2) is 6.98. The molecule has 0 amide bonds. The van der Waals surface area contributed by atoms with Crippen LogP contribution in [0.3, 0.4) is 0 Å². The maximum atomic E-state index is 13.4. The fraction of sp³-hybridized carbons (Fsp3) is 0.417. The van der Waals surface area contributed by atoms with Crippen LogP contribution in [0.4, 0.5) is 4.39 Å². The van der Waals surface area contributed by atoms with Crippen molar-refractivity contribution in [3.8, 4) is 0 Å². The van der Waals surface area contributed by atoms with Crippen molar-refractivity contribution in [3.05, 3.63) is 35.6 Å². The Bertz CT molecular complexity index is 371. The Morgan fingerprint density at radius 1 is 1.53 bits per heavy atom. The first-order chi connectivity index (χ1) is 8.16. The molecule has 0 aliphatic carbocycles. The molecule has 17 heavy (non-hydrogen) atoms. The normalized spacial score (nSPS) is 12.4. The summed E-state index contributed by atoms with van der Waals surface area (Å²) in [5.41, 5.74) is 0.150. The van der Waals surface area contributed by atoms with Crippen molar-refractivity contribution < 1.29 is 19.0 Å². The van der Waals surface area contributed by atoms with Gasteiger partial charge in [0.1, 0.15) is 11.9 Å². The van der Waals surface area contributed by atoms with Crippen LogP contribution < -0.4 is 5.32 Å². The van der Waals surface area contributed by atoms with Crippen molar-refractivity contribution >= 4 is 5.97 Å². The van der Waals surface area contributed by atoms with Gasteiger partial charge in [-0.25, -0.2) is 4.39 Å². The van der Waals surface area contributed by atoms with E-state index in [1.807, 2.05) is 0 Å². The Balaban J connectivity index is 2.66. The molecule has 0 spiro atoms. The molecule has 2 N–H and O–H groups in total. The first-order valence-electron chi connectivity index (χ1n) is 5.36. The van der Waals surface area contributed by atoms with E-state index in [-0.39, 0.29) is 5.56 Å². The van der Waals surface area contributed by atoms with Crippen LogP contribution in [-0.2, 0) is 9.53 Å². The second-order valence-corrected chi connectivity index (χ2v) is 3.59. The molecule has 0 saturated heterocycles. The summed E-state index contributed by atoms with van der Waals surface area (Å²) in [5, 5.41) is 11.8. The molecule has 0 saturated carbocycles. The molecule has 1 atom stereocenters. The molecule has 1 aromatic carbocycles. The van der Waals surface area contributed by atoms with Crippen LogP contribution in [0.25, 0.3) is 0 Å². The lowest BCUT2D eigenvalue weighted by Gasteiger charge is -2.15. The van der Waals surface area contributed by atoms with Gasteiger partial charge in [-0.15, -0.1) is 0 Å². The van der Waals surface area contributed by atoms with Crippen molar-refractivity contribution in [1.82, 2.24) is 5.32 Å². The van der Waals surface area contributed by atoms with Crippen LogP contribution in [0.5, 0.6) is 0 Å². The molecule has 1 aromatic rings. The van der Waals surface area contributed by atoms with Gasteiger partial charge in [0.25, 0.3) is 0 Å². The van der Waals surface area contributed by atoms with Gasteiger partial charge in [0.15, 0.2) is 0 Å². The van der Waals surface area contributed by atoms with Crippen LogP contribution in [0.15, 0.2) is 24.3 Å². The molecule has 0 heterocycles. The molecular formula is C12H16FNO3. The maximum absolute atomic E-state index is 13.4. The fourth-order valence-corrected chi connectivity index (χ4v) is 1.50. The number of benzene rings is 1. The average Bonchev–Trinajstić information content (AvgIpc) is 2.30. The molecule has 4 nitrogen and oxygen atoms in total. The summed E-state index contributed by atoms with van der Waals surface area (Å²) in [6, 6.07) is 4.85. The van der Waals surface area contributed by atoms with Crippen molar-refractivity contribution in [2.75, 3.05) is 20.3 Å². The first-order valence-corrected chi connectivity index (χ1v) is 5.36. The summed E-state index contributed by atoms with van der Waals surface area (Å²) in [6.45, 7) is 0.996. The lowest BCUT2D eigenvalue weighted by molar-refractivity contribution is -0.139. The summed E-state index contributed by atoms with van der Waals surface area (Å²) in [5.74, 6) is -1.60. The highest BCUT2D eigenvalue weighted by Gasteiger charge is 2.21. The average molecular weight is 241 g/mol. The molecule has 0 fully saturated rings. The minimum absolute atomic E-state index is 0.150. The highest BCUT2D eigenvalue weighted by molar-refractivity contribution is 5.75. The standard InChI is InChI=1S/C12H16FNO3/c1-17-8-4-7-14-11(12(15)16)9-5-2-3-6-10(9)13/h2-3,5-6,11,14H,4,7-8H2,1H3,(H,15,16). The van der Waals surface area contributed by atoms with Gasteiger partial charge in [-0.05, 0) is 19.0 Å². The summed E-state index contributed by atoms with van der Waals surface area (Å²) >= 11 is 0. The SMILES string of the molecule is COCCCNC(C(=O)O)c1ccccc1F. The number of carboxylic acids is 1. The zero-order valence-electron chi connectivity index (χ0n) is 9.65. The zero-order chi connectivity index (χ0) is 12.7. The lowest BCUT2D eigenvalue weighted by atomic mass is 10.1. The monoisotopic (exact) mass is 241 g/mol. The molecule has 5 heteroatoms. The van der Waals surface area contributed by atoms with E-state index < -0.39 is 17.8 Å². The number of carbonyl (C=O) groups is 1. The molecular weight excluding hydrogens is 225 g/mol. The Labute approximate surface area is 99.4 Å². The lowest BCUT2D eigenvalue weighted by Crippen LogP contribution is -2.30. The number of nitrogens with one attached hydrogen (secondary N) is 1. The number of hydrogen-bond acceptors (Lipinski definition) is 3. The Kier molecular flexibility index (Phi) is 5.59. The van der Waals surface area contributed by atoms with Crippen LogP contribution in [0.2, 0.25) is 0 Å². The van der Waals surface area contributed by atoms with Crippen LogP contribution in [-0.4, -0.2) is 31.3 Å². The molecule has 94 valence electrons. The van der Waals surface area contributed by atoms with Crippen LogP contribution in [0.1, 0.15) is 18.0 Å². The Hall–Kier alpha value is -1.46. The molecule has 0 aromatic heterocycles. The van der Waals surface area contributed by atoms with Gasteiger partial charge in [-0.2, -0.15) is 0 Å². The van der Waals surface area contributed by atoms with E-state index in [2.05, 4.69) is 5.32 Å². The van der Waals surface area contributed by atoms with Gasteiger partial charge in [-0.1, -0.05) is 18.2 Å². The number of aliphatic carboxylic acids is 1. The van der Waals surface area contributed by atoms with Gasteiger partial charge in [0.2, 0.25) is 0 Å². The van der Waals surface area contributed by atoms with Gasteiger partial charge >= 0.3 is 5.97 Å². The third-order valence-electron chi connectivity index (χ3n) is 2.34. The number of methoxy groups -OCH3 is 1. The molecule has 0 bridgehead atoms. The Morgan fingerprint density at radius 2 is 2.24 bits per heavy atom. The highest BCUT2D eigenvalue weighted by Crippen LogP contribution is 2.16.